The summed E-state index contributed by atoms with van der Waals surface area (Å²) in [6, 6.07) is 3.61. The van der Waals surface area contributed by atoms with E-state index in [9.17, 15) is 0 Å². The van der Waals surface area contributed by atoms with Crippen LogP contribution in [0.2, 0.25) is 5.02 Å². The molecule has 0 fully saturated rings. The van der Waals surface area contributed by atoms with Crippen molar-refractivity contribution >= 4 is 40.5 Å². The summed E-state index contributed by atoms with van der Waals surface area (Å²) in [5.41, 5.74) is 17.3. The number of halogens is 3. The van der Waals surface area contributed by atoms with Crippen LogP contribution >= 0.6 is 34.8 Å². The fourth-order valence-electron chi connectivity index (χ4n) is 3.23. The number of hydrogen-bond acceptors (Lipinski definition) is 2. The highest BCUT2D eigenvalue weighted by Crippen LogP contribution is 2.44. The molecule has 1 aliphatic carbocycles. The highest BCUT2D eigenvalue weighted by Gasteiger charge is 2.41. The molecular weight excluding hydrogens is 363 g/mol. The van der Waals surface area contributed by atoms with Crippen LogP contribution in [0, 0.1) is 0 Å². The van der Waals surface area contributed by atoms with E-state index in [1.54, 1.807) is 0 Å². The number of anilines is 1. The molecule has 0 amide bonds. The maximum atomic E-state index is 6.81. The molecule has 0 radical (unpaired) electrons. The molecule has 0 aliphatic heterocycles. The molecule has 0 saturated heterocycles. The van der Waals surface area contributed by atoms with E-state index in [-0.39, 0.29) is 6.04 Å². The van der Waals surface area contributed by atoms with Gasteiger partial charge in [0.25, 0.3) is 0 Å². The second-order valence-corrected chi connectivity index (χ2v) is 7.74. The van der Waals surface area contributed by atoms with Crippen molar-refractivity contribution in [3.05, 3.63) is 50.5 Å². The Hall–Kier alpha value is -0.670. The minimum Gasteiger partial charge on any atom is -0.398 e. The predicted molar refractivity (Wildman–Crippen MR) is 107 cm³/mol. The maximum Gasteiger partial charge on any atom is 0.0989 e. The van der Waals surface area contributed by atoms with Crippen LogP contribution in [0.4, 0.5) is 5.69 Å². The van der Waals surface area contributed by atoms with Crippen molar-refractivity contribution in [2.75, 3.05) is 5.73 Å². The molecule has 0 bridgehead atoms. The summed E-state index contributed by atoms with van der Waals surface area (Å²) in [5.74, 6) is 0. The predicted octanol–water partition coefficient (Wildman–Crippen LogP) is 5.58. The minimum atomic E-state index is -0.745. The number of hydrogen-bond donors (Lipinski definition) is 2. The van der Waals surface area contributed by atoms with Gasteiger partial charge in [0.2, 0.25) is 0 Å². The van der Waals surface area contributed by atoms with Crippen LogP contribution in [-0.2, 0) is 12.8 Å². The number of alkyl halides is 1. The Morgan fingerprint density at radius 1 is 1.08 bits per heavy atom. The molecule has 1 aliphatic rings. The number of rotatable bonds is 5. The average molecular weight is 388 g/mol. The topological polar surface area (TPSA) is 52.0 Å². The van der Waals surface area contributed by atoms with E-state index in [0.29, 0.717) is 22.9 Å². The van der Waals surface area contributed by atoms with E-state index in [1.165, 1.54) is 0 Å². The van der Waals surface area contributed by atoms with Gasteiger partial charge in [-0.2, -0.15) is 0 Å². The van der Waals surface area contributed by atoms with E-state index in [4.69, 9.17) is 46.3 Å². The van der Waals surface area contributed by atoms with Gasteiger partial charge in [-0.1, -0.05) is 61.7 Å². The lowest BCUT2D eigenvalue weighted by molar-refractivity contribution is 0.543. The van der Waals surface area contributed by atoms with Gasteiger partial charge in [-0.05, 0) is 42.0 Å². The number of benzene rings is 1. The number of allylic oxidation sites excluding steroid dienone is 2. The second kappa shape index (κ2) is 7.70. The van der Waals surface area contributed by atoms with Gasteiger partial charge < -0.3 is 11.5 Å². The van der Waals surface area contributed by atoms with Crippen molar-refractivity contribution < 1.29 is 0 Å². The molecule has 0 spiro atoms. The lowest BCUT2D eigenvalue weighted by Gasteiger charge is -2.38. The Morgan fingerprint density at radius 3 is 2.29 bits per heavy atom. The van der Waals surface area contributed by atoms with Crippen LogP contribution in [-0.4, -0.2) is 10.9 Å². The third kappa shape index (κ3) is 3.48. The zero-order valence-corrected chi connectivity index (χ0v) is 16.7. The molecule has 5 heteroatoms. The Balaban J connectivity index is 2.50. The lowest BCUT2D eigenvalue weighted by Crippen LogP contribution is -2.47. The van der Waals surface area contributed by atoms with Crippen LogP contribution in [0.1, 0.15) is 44.7 Å². The van der Waals surface area contributed by atoms with Crippen LogP contribution < -0.4 is 11.5 Å². The van der Waals surface area contributed by atoms with Crippen molar-refractivity contribution in [2.45, 2.75) is 57.4 Å². The summed E-state index contributed by atoms with van der Waals surface area (Å²) >= 11 is 19.9. The van der Waals surface area contributed by atoms with Gasteiger partial charge in [-0.15, -0.1) is 11.6 Å². The van der Waals surface area contributed by atoms with Crippen LogP contribution in [0.25, 0.3) is 0 Å². The monoisotopic (exact) mass is 386 g/mol. The van der Waals surface area contributed by atoms with Crippen molar-refractivity contribution in [1.29, 1.82) is 0 Å². The van der Waals surface area contributed by atoms with E-state index in [0.717, 1.165) is 40.8 Å². The number of aryl methyl sites for hydroxylation is 1. The molecule has 24 heavy (non-hydrogen) atoms. The van der Waals surface area contributed by atoms with E-state index < -0.39 is 4.87 Å². The van der Waals surface area contributed by atoms with Crippen molar-refractivity contribution in [3.8, 4) is 0 Å². The van der Waals surface area contributed by atoms with Gasteiger partial charge in [0.1, 0.15) is 0 Å². The summed E-state index contributed by atoms with van der Waals surface area (Å²) in [6.07, 6.45) is 5.08. The molecule has 1 aromatic rings. The third-order valence-corrected chi connectivity index (χ3v) is 6.61. The molecule has 4 N–H and O–H groups in total. The summed E-state index contributed by atoms with van der Waals surface area (Å²) in [4.78, 5) is -0.745. The van der Waals surface area contributed by atoms with Gasteiger partial charge in [0, 0.05) is 22.2 Å². The molecule has 0 aromatic heterocycles. The molecular formula is C19H25Cl3N2. The highest BCUT2D eigenvalue weighted by atomic mass is 35.5. The van der Waals surface area contributed by atoms with E-state index in [2.05, 4.69) is 26.0 Å². The Morgan fingerprint density at radius 2 is 1.75 bits per heavy atom. The molecule has 2 rings (SSSR count). The Bertz CT molecular complexity index is 694. The summed E-state index contributed by atoms with van der Waals surface area (Å²) in [5, 5.41) is 1.28. The van der Waals surface area contributed by atoms with Crippen LogP contribution in [0.3, 0.4) is 0 Å². The first-order valence-corrected chi connectivity index (χ1v) is 9.52. The van der Waals surface area contributed by atoms with Crippen LogP contribution in [0.15, 0.2) is 34.4 Å². The van der Waals surface area contributed by atoms with Gasteiger partial charge >= 0.3 is 0 Å². The maximum absolute atomic E-state index is 6.81. The van der Waals surface area contributed by atoms with Gasteiger partial charge in [0.05, 0.1) is 10.9 Å². The summed E-state index contributed by atoms with van der Waals surface area (Å²) in [7, 11) is 0. The first-order chi connectivity index (χ1) is 11.3. The first kappa shape index (κ1) is 19.7. The molecule has 2 unspecified atom stereocenters. The average Bonchev–Trinajstić information content (AvgIpc) is 2.57. The van der Waals surface area contributed by atoms with Gasteiger partial charge in [0.15, 0.2) is 0 Å². The fourth-order valence-corrected chi connectivity index (χ4v) is 4.10. The summed E-state index contributed by atoms with van der Waals surface area (Å²) in [6.45, 7) is 6.17. The Labute approximate surface area is 159 Å². The fraction of sp³-hybridized carbons (Fsp3) is 0.474. The van der Waals surface area contributed by atoms with E-state index in [1.807, 2.05) is 13.0 Å². The summed E-state index contributed by atoms with van der Waals surface area (Å²) < 4.78 is 0. The van der Waals surface area contributed by atoms with Crippen molar-refractivity contribution in [2.24, 2.45) is 5.73 Å². The second-order valence-electron chi connectivity index (χ2n) is 6.28. The molecule has 0 heterocycles. The standard InChI is InChI=1S/C19H25Cl3N2/c1-4-11-7-13(15(20)10-16(11)23)9-14-8-12(5-2)18(24)19(22,6-3)17(14)21/h7-8,10,18H,4-6,9,23-24H2,1-3H3. The van der Waals surface area contributed by atoms with E-state index >= 15 is 0 Å². The smallest absolute Gasteiger partial charge is 0.0989 e. The largest absolute Gasteiger partial charge is 0.398 e. The zero-order chi connectivity index (χ0) is 18.1. The highest BCUT2D eigenvalue weighted by molar-refractivity contribution is 6.40. The molecule has 2 atom stereocenters. The SMILES string of the molecule is CCC1=CC(Cc2cc(CC)c(N)cc2Cl)=C(Cl)C(Cl)(CC)C1N. The first-order valence-electron chi connectivity index (χ1n) is 8.39. The van der Waals surface area contributed by atoms with Crippen molar-refractivity contribution in [1.82, 2.24) is 0 Å². The molecule has 132 valence electrons. The van der Waals surface area contributed by atoms with Crippen molar-refractivity contribution in [3.63, 3.8) is 0 Å². The number of nitrogen functional groups attached to an aromatic ring is 1. The lowest BCUT2D eigenvalue weighted by atomic mass is 9.80. The normalized spacial score (nSPS) is 24.3. The minimum absolute atomic E-state index is 0.265. The number of nitrogens with two attached hydrogens (primary N) is 2. The Kier molecular flexibility index (Phi) is 6.30. The van der Waals surface area contributed by atoms with Gasteiger partial charge in [-0.25, -0.2) is 0 Å². The molecule has 2 nitrogen and oxygen atoms in total. The van der Waals surface area contributed by atoms with Gasteiger partial charge in [-0.3, -0.25) is 0 Å². The third-order valence-electron chi connectivity index (χ3n) is 4.89. The molecule has 0 saturated carbocycles. The van der Waals surface area contributed by atoms with Crippen LogP contribution in [0.5, 0.6) is 0 Å². The zero-order valence-electron chi connectivity index (χ0n) is 14.4. The molecule has 1 aromatic carbocycles. The quantitative estimate of drug-likeness (QED) is 0.511.